The lowest BCUT2D eigenvalue weighted by Crippen LogP contribution is -2.29. The predicted octanol–water partition coefficient (Wildman–Crippen LogP) is 2.10. The molecule has 26 heavy (non-hydrogen) atoms. The van der Waals surface area contributed by atoms with Crippen molar-refractivity contribution in [2.24, 2.45) is 0 Å². The Balaban J connectivity index is 1.70. The molecule has 0 spiro atoms. The van der Waals surface area contributed by atoms with Crippen molar-refractivity contribution in [3.8, 4) is 0 Å². The Morgan fingerprint density at radius 1 is 1.19 bits per heavy atom. The smallest absolute Gasteiger partial charge is 0.268 e. The van der Waals surface area contributed by atoms with E-state index in [2.05, 4.69) is 15.0 Å². The summed E-state index contributed by atoms with van der Waals surface area (Å²) in [5.74, 6) is 0.0752. The number of pyridine rings is 1. The minimum absolute atomic E-state index is 0.126. The summed E-state index contributed by atoms with van der Waals surface area (Å²) in [6.07, 6.45) is 0. The molecule has 4 aromatic rings. The number of fused-ring (bicyclic) bond motifs is 2. The van der Waals surface area contributed by atoms with E-state index in [-0.39, 0.29) is 23.6 Å². The Hall–Kier alpha value is -3.26. The second-order valence-electron chi connectivity index (χ2n) is 5.90. The lowest BCUT2D eigenvalue weighted by molar-refractivity contribution is 0.0783. The van der Waals surface area contributed by atoms with Crippen LogP contribution in [0.3, 0.4) is 0 Å². The third-order valence-electron chi connectivity index (χ3n) is 4.08. The predicted molar refractivity (Wildman–Crippen MR) is 101 cm³/mol. The van der Waals surface area contributed by atoms with Crippen molar-refractivity contribution in [2.75, 3.05) is 7.05 Å². The summed E-state index contributed by atoms with van der Waals surface area (Å²) in [6, 6.07) is 10.2. The van der Waals surface area contributed by atoms with Crippen LogP contribution in [0.2, 0.25) is 0 Å². The van der Waals surface area contributed by atoms with Gasteiger partial charge in [-0.05, 0) is 17.5 Å². The van der Waals surface area contributed by atoms with Crippen LogP contribution in [0.5, 0.6) is 0 Å². The molecule has 0 aliphatic heterocycles. The zero-order valence-electron chi connectivity index (χ0n) is 13.8. The molecule has 0 radical (unpaired) electrons. The lowest BCUT2D eigenvalue weighted by atomic mass is 10.1. The molecule has 0 aliphatic carbocycles. The van der Waals surface area contributed by atoms with Crippen LogP contribution in [0.25, 0.3) is 21.1 Å². The van der Waals surface area contributed by atoms with E-state index in [9.17, 15) is 14.4 Å². The Kier molecular flexibility index (Phi) is 3.89. The minimum atomic E-state index is -0.341. The van der Waals surface area contributed by atoms with E-state index in [0.717, 1.165) is 0 Å². The summed E-state index contributed by atoms with van der Waals surface area (Å²) in [5.41, 5.74) is 0.958. The average Bonchev–Trinajstić information content (AvgIpc) is 3.09. The van der Waals surface area contributed by atoms with Crippen molar-refractivity contribution in [2.45, 2.75) is 6.54 Å². The molecule has 3 aromatic heterocycles. The molecule has 1 aromatic carbocycles. The van der Waals surface area contributed by atoms with E-state index in [1.807, 2.05) is 0 Å². The van der Waals surface area contributed by atoms with Gasteiger partial charge in [0.2, 0.25) is 5.56 Å². The van der Waals surface area contributed by atoms with E-state index < -0.39 is 0 Å². The highest BCUT2D eigenvalue weighted by Gasteiger charge is 2.17. The first-order valence-corrected chi connectivity index (χ1v) is 8.75. The summed E-state index contributed by atoms with van der Waals surface area (Å²) in [5, 5.41) is 2.46. The first-order valence-electron chi connectivity index (χ1n) is 7.87. The van der Waals surface area contributed by atoms with Crippen LogP contribution in [0.4, 0.5) is 0 Å². The van der Waals surface area contributed by atoms with Crippen LogP contribution < -0.4 is 11.1 Å². The number of nitrogens with one attached hydrogen (secondary N) is 2. The first kappa shape index (κ1) is 16.2. The molecule has 4 rings (SSSR count). The van der Waals surface area contributed by atoms with Gasteiger partial charge in [0.15, 0.2) is 0 Å². The van der Waals surface area contributed by atoms with Gasteiger partial charge >= 0.3 is 0 Å². The fraction of sp³-hybridized carbons (Fsp3) is 0.111. The summed E-state index contributed by atoms with van der Waals surface area (Å²) in [7, 11) is 1.61. The van der Waals surface area contributed by atoms with Gasteiger partial charge in [-0.15, -0.1) is 11.3 Å². The number of para-hydroxylation sites is 1. The maximum Gasteiger partial charge on any atom is 0.268 e. The number of aromatic nitrogens is 3. The van der Waals surface area contributed by atoms with Gasteiger partial charge in [-0.25, -0.2) is 4.98 Å². The number of hydrogen-bond donors (Lipinski definition) is 2. The van der Waals surface area contributed by atoms with E-state index in [1.54, 1.807) is 42.8 Å². The van der Waals surface area contributed by atoms with Crippen molar-refractivity contribution in [3.05, 3.63) is 73.9 Å². The number of aromatic amines is 2. The van der Waals surface area contributed by atoms with Crippen LogP contribution in [-0.2, 0) is 6.54 Å². The molecule has 0 saturated heterocycles. The highest BCUT2D eigenvalue weighted by atomic mass is 32.1. The third kappa shape index (κ3) is 2.80. The molecule has 0 unspecified atom stereocenters. The lowest BCUT2D eigenvalue weighted by Gasteiger charge is -2.17. The maximum absolute atomic E-state index is 12.9. The summed E-state index contributed by atoms with van der Waals surface area (Å²) >= 11 is 1.32. The summed E-state index contributed by atoms with van der Waals surface area (Å²) in [4.78, 5) is 48.0. The van der Waals surface area contributed by atoms with E-state index in [4.69, 9.17) is 0 Å². The number of hydrogen-bond acceptors (Lipinski definition) is 5. The van der Waals surface area contributed by atoms with Gasteiger partial charge < -0.3 is 14.9 Å². The van der Waals surface area contributed by atoms with Crippen molar-refractivity contribution in [3.63, 3.8) is 0 Å². The van der Waals surface area contributed by atoms with Crippen LogP contribution >= 0.6 is 11.3 Å². The van der Waals surface area contributed by atoms with Crippen LogP contribution in [0.15, 0.2) is 51.4 Å². The van der Waals surface area contributed by atoms with Gasteiger partial charge in [0.05, 0.1) is 17.6 Å². The molecule has 7 nitrogen and oxygen atoms in total. The average molecular weight is 366 g/mol. The molecule has 1 amide bonds. The first-order chi connectivity index (χ1) is 12.5. The second kappa shape index (κ2) is 6.23. The molecule has 0 atom stereocenters. The van der Waals surface area contributed by atoms with Gasteiger partial charge in [-0.1, -0.05) is 18.2 Å². The largest absolute Gasteiger partial charge is 0.334 e. The van der Waals surface area contributed by atoms with Crippen LogP contribution in [0, 0.1) is 0 Å². The molecule has 130 valence electrons. The van der Waals surface area contributed by atoms with Gasteiger partial charge in [-0.2, -0.15) is 0 Å². The molecule has 8 heteroatoms. The van der Waals surface area contributed by atoms with Crippen LogP contribution in [-0.4, -0.2) is 32.8 Å². The summed E-state index contributed by atoms with van der Waals surface area (Å²) in [6.45, 7) is 0.126. The Morgan fingerprint density at radius 3 is 2.85 bits per heavy atom. The zero-order chi connectivity index (χ0) is 18.3. The minimum Gasteiger partial charge on any atom is -0.334 e. The number of carbonyl (C=O) groups excluding carboxylic acids is 1. The van der Waals surface area contributed by atoms with Crippen LogP contribution in [0.1, 0.15) is 16.2 Å². The normalized spacial score (nSPS) is 11.1. The highest BCUT2D eigenvalue weighted by molar-refractivity contribution is 7.17. The zero-order valence-corrected chi connectivity index (χ0v) is 14.6. The van der Waals surface area contributed by atoms with E-state index in [0.29, 0.717) is 32.5 Å². The molecule has 0 bridgehead atoms. The highest BCUT2D eigenvalue weighted by Crippen LogP contribution is 2.17. The number of H-pyrrole nitrogens is 2. The molecular weight excluding hydrogens is 352 g/mol. The van der Waals surface area contributed by atoms with Crippen molar-refractivity contribution < 1.29 is 4.79 Å². The van der Waals surface area contributed by atoms with Crippen molar-refractivity contribution in [1.29, 1.82) is 0 Å². The fourth-order valence-corrected chi connectivity index (χ4v) is 3.61. The number of rotatable bonds is 3. The molecule has 0 fully saturated rings. The molecule has 2 N–H and O–H groups in total. The van der Waals surface area contributed by atoms with Crippen molar-refractivity contribution in [1.82, 2.24) is 19.9 Å². The standard InChI is InChI=1S/C18H14N4O3S/c1-22(9-14-19-13-6-7-26-16(13)17(24)21-14)18(25)11-8-15(23)20-12-5-3-2-4-10(11)12/h2-8H,9H2,1H3,(H,20,23)(H,19,21,24). The monoisotopic (exact) mass is 366 g/mol. The Labute approximate surface area is 150 Å². The topological polar surface area (TPSA) is 98.9 Å². The second-order valence-corrected chi connectivity index (χ2v) is 6.82. The van der Waals surface area contributed by atoms with Crippen molar-refractivity contribution >= 4 is 38.4 Å². The van der Waals surface area contributed by atoms with Gasteiger partial charge in [-0.3, -0.25) is 14.4 Å². The van der Waals surface area contributed by atoms with E-state index in [1.165, 1.54) is 22.3 Å². The fourth-order valence-electron chi connectivity index (χ4n) is 2.88. The number of nitrogens with zero attached hydrogens (tertiary/aromatic N) is 2. The number of thiophene rings is 1. The Bertz CT molecular complexity index is 1250. The number of amides is 1. The van der Waals surface area contributed by atoms with Gasteiger partial charge in [0.25, 0.3) is 11.5 Å². The molecular formula is C18H14N4O3S. The maximum atomic E-state index is 12.9. The number of benzene rings is 1. The van der Waals surface area contributed by atoms with Gasteiger partial charge in [0, 0.05) is 24.0 Å². The quantitative estimate of drug-likeness (QED) is 0.580. The number of carbonyl (C=O) groups is 1. The summed E-state index contributed by atoms with van der Waals surface area (Å²) < 4.78 is 0.559. The van der Waals surface area contributed by atoms with Gasteiger partial charge in [0.1, 0.15) is 10.5 Å². The molecule has 0 saturated carbocycles. The molecule has 0 aliphatic rings. The molecule has 3 heterocycles. The SMILES string of the molecule is CN(Cc1nc2ccsc2c(=O)[nH]1)C(=O)c1cc(=O)[nH]c2ccccc12. The van der Waals surface area contributed by atoms with E-state index >= 15 is 0 Å². The Morgan fingerprint density at radius 2 is 2.00 bits per heavy atom. The third-order valence-corrected chi connectivity index (χ3v) is 4.98.